The number of rotatable bonds is 6. The highest BCUT2D eigenvalue weighted by molar-refractivity contribution is 5.78. The molecule has 2 aromatic carbocycles. The van der Waals surface area contributed by atoms with Gasteiger partial charge in [-0.2, -0.15) is 0 Å². The summed E-state index contributed by atoms with van der Waals surface area (Å²) >= 11 is 0. The van der Waals surface area contributed by atoms with Crippen molar-refractivity contribution in [1.82, 2.24) is 9.55 Å². The first-order valence-corrected chi connectivity index (χ1v) is 10.7. The third kappa shape index (κ3) is 3.98. The van der Waals surface area contributed by atoms with Gasteiger partial charge in [0.15, 0.2) is 22.9 Å². The molecule has 0 unspecified atom stereocenters. The Labute approximate surface area is 184 Å². The van der Waals surface area contributed by atoms with E-state index in [1.165, 1.54) is 29.7 Å². The van der Waals surface area contributed by atoms with Crippen LogP contribution in [0, 0.1) is 5.82 Å². The lowest BCUT2D eigenvalue weighted by atomic mass is 10.1. The zero-order valence-corrected chi connectivity index (χ0v) is 17.7. The number of furan rings is 1. The molecule has 5 rings (SSSR count). The number of aromatic nitrogens is 2. The van der Waals surface area contributed by atoms with Gasteiger partial charge in [-0.1, -0.05) is 18.2 Å². The summed E-state index contributed by atoms with van der Waals surface area (Å²) < 4.78 is 32.7. The minimum Gasteiger partial charge on any atom is -0.493 e. The van der Waals surface area contributed by atoms with Gasteiger partial charge in [0.1, 0.15) is 5.76 Å². The smallest absolute Gasteiger partial charge is 0.347 e. The molecule has 1 aliphatic carbocycles. The van der Waals surface area contributed by atoms with E-state index in [9.17, 15) is 9.18 Å². The molecule has 1 saturated carbocycles. The van der Waals surface area contributed by atoms with Crippen LogP contribution in [0.4, 0.5) is 4.39 Å². The van der Waals surface area contributed by atoms with Crippen LogP contribution in [0.2, 0.25) is 0 Å². The van der Waals surface area contributed by atoms with E-state index in [0.717, 1.165) is 24.0 Å². The molecule has 0 saturated heterocycles. The Bertz CT molecular complexity index is 1320. The van der Waals surface area contributed by atoms with Gasteiger partial charge in [0.05, 0.1) is 19.8 Å². The van der Waals surface area contributed by atoms with Crippen molar-refractivity contribution in [1.29, 1.82) is 0 Å². The second-order valence-corrected chi connectivity index (χ2v) is 8.01. The Hall–Kier alpha value is -3.61. The molecule has 6 nitrogen and oxygen atoms in total. The largest absolute Gasteiger partial charge is 0.493 e. The van der Waals surface area contributed by atoms with Crippen LogP contribution in [0.5, 0.6) is 11.5 Å². The van der Waals surface area contributed by atoms with Crippen molar-refractivity contribution in [3.05, 3.63) is 76.9 Å². The first-order valence-electron chi connectivity index (χ1n) is 10.7. The van der Waals surface area contributed by atoms with Gasteiger partial charge in [-0.15, -0.1) is 0 Å². The Morgan fingerprint density at radius 2 is 1.97 bits per heavy atom. The molecule has 164 valence electrons. The number of nitrogens with zero attached hydrogens (tertiary/aromatic N) is 2. The second-order valence-electron chi connectivity index (χ2n) is 8.01. The molecule has 2 heterocycles. The van der Waals surface area contributed by atoms with Crippen molar-refractivity contribution < 1.29 is 18.3 Å². The fraction of sp³-hybridized carbons (Fsp3) is 0.280. The van der Waals surface area contributed by atoms with Gasteiger partial charge >= 0.3 is 5.69 Å². The number of benzene rings is 2. The topological polar surface area (TPSA) is 66.5 Å². The highest BCUT2D eigenvalue weighted by Gasteiger charge is 2.19. The number of hydrogen-bond acceptors (Lipinski definition) is 5. The van der Waals surface area contributed by atoms with E-state index in [-0.39, 0.29) is 18.2 Å². The van der Waals surface area contributed by atoms with Crippen LogP contribution in [0.15, 0.2) is 64.1 Å². The predicted octanol–water partition coefficient (Wildman–Crippen LogP) is 5.17. The highest BCUT2D eigenvalue weighted by Crippen LogP contribution is 2.35. The summed E-state index contributed by atoms with van der Waals surface area (Å²) in [6.07, 6.45) is 7.88. The lowest BCUT2D eigenvalue weighted by Gasteiger charge is -2.17. The summed E-state index contributed by atoms with van der Waals surface area (Å²) in [5.74, 6) is 1.40. The lowest BCUT2D eigenvalue weighted by molar-refractivity contribution is 0.201. The molecule has 7 heteroatoms. The minimum atomic E-state index is -0.430. The van der Waals surface area contributed by atoms with Crippen LogP contribution < -0.4 is 15.2 Å². The van der Waals surface area contributed by atoms with E-state index in [4.69, 9.17) is 13.9 Å². The van der Waals surface area contributed by atoms with Crippen molar-refractivity contribution >= 4 is 11.0 Å². The van der Waals surface area contributed by atoms with Gasteiger partial charge < -0.3 is 13.9 Å². The van der Waals surface area contributed by atoms with Crippen molar-refractivity contribution in [2.75, 3.05) is 7.11 Å². The third-order valence-electron chi connectivity index (χ3n) is 5.82. The Morgan fingerprint density at radius 1 is 1.12 bits per heavy atom. The second kappa shape index (κ2) is 8.49. The average molecular weight is 434 g/mol. The maximum atomic E-state index is 14.0. The highest BCUT2D eigenvalue weighted by atomic mass is 19.1. The molecule has 0 amide bonds. The number of fused-ring (bicyclic) bond motifs is 1. The van der Waals surface area contributed by atoms with E-state index in [1.807, 2.05) is 18.2 Å². The number of methoxy groups -OCH3 is 1. The summed E-state index contributed by atoms with van der Waals surface area (Å²) in [6, 6.07) is 12.2. The van der Waals surface area contributed by atoms with Crippen molar-refractivity contribution in [3.8, 4) is 22.6 Å². The van der Waals surface area contributed by atoms with Crippen LogP contribution in [-0.2, 0) is 6.54 Å². The molecule has 32 heavy (non-hydrogen) atoms. The van der Waals surface area contributed by atoms with Gasteiger partial charge in [-0.05, 0) is 55.5 Å². The fourth-order valence-corrected chi connectivity index (χ4v) is 4.18. The summed E-state index contributed by atoms with van der Waals surface area (Å²) in [5.41, 5.74) is 1.38. The van der Waals surface area contributed by atoms with Crippen LogP contribution >= 0.6 is 0 Å². The minimum absolute atomic E-state index is 0.148. The maximum absolute atomic E-state index is 14.0. The van der Waals surface area contributed by atoms with E-state index in [2.05, 4.69) is 4.98 Å². The molecule has 0 atom stereocenters. The molecule has 0 bridgehead atoms. The average Bonchev–Trinajstić information content (AvgIpc) is 3.45. The van der Waals surface area contributed by atoms with Gasteiger partial charge in [-0.25, -0.2) is 14.2 Å². The summed E-state index contributed by atoms with van der Waals surface area (Å²) in [7, 11) is 1.62. The molecule has 2 aromatic heterocycles. The van der Waals surface area contributed by atoms with Crippen molar-refractivity contribution in [2.24, 2.45) is 0 Å². The molecule has 4 aromatic rings. The summed E-state index contributed by atoms with van der Waals surface area (Å²) in [6.45, 7) is 0.148. The van der Waals surface area contributed by atoms with Crippen LogP contribution in [0.3, 0.4) is 0 Å². The third-order valence-corrected chi connectivity index (χ3v) is 5.82. The molecule has 0 aliphatic heterocycles. The molecular weight excluding hydrogens is 411 g/mol. The zero-order chi connectivity index (χ0) is 22.1. The van der Waals surface area contributed by atoms with Gasteiger partial charge in [-0.3, -0.25) is 4.57 Å². The van der Waals surface area contributed by atoms with E-state index in [0.29, 0.717) is 22.6 Å². The predicted molar refractivity (Wildman–Crippen MR) is 119 cm³/mol. The zero-order valence-electron chi connectivity index (χ0n) is 17.7. The number of ether oxygens (including phenoxy) is 2. The number of halogens is 1. The van der Waals surface area contributed by atoms with Crippen LogP contribution in [0.1, 0.15) is 31.4 Å². The van der Waals surface area contributed by atoms with Crippen molar-refractivity contribution in [2.45, 2.75) is 38.3 Å². The molecular formula is C25H23FN2O4. The first kappa shape index (κ1) is 20.3. The monoisotopic (exact) mass is 434 g/mol. The van der Waals surface area contributed by atoms with Crippen molar-refractivity contribution in [3.63, 3.8) is 0 Å². The standard InChI is InChI=1S/C25H23FN2O4/c1-30-22-10-9-16(12-23(22)31-19-6-2-3-7-19)18-13-27-25(29)28(14-18)15-20-11-17-5-4-8-21(26)24(17)32-20/h4-5,8-14,19H,2-3,6-7,15H2,1H3. The van der Waals surface area contributed by atoms with Gasteiger partial charge in [0.25, 0.3) is 0 Å². The van der Waals surface area contributed by atoms with Gasteiger partial charge in [0, 0.05) is 23.3 Å². The maximum Gasteiger partial charge on any atom is 0.347 e. The molecule has 1 aliphatic rings. The quantitative estimate of drug-likeness (QED) is 0.419. The molecule has 0 spiro atoms. The normalized spacial score (nSPS) is 14.2. The Balaban J connectivity index is 1.46. The first-order chi connectivity index (χ1) is 15.6. The number of para-hydroxylation sites is 1. The van der Waals surface area contributed by atoms with Crippen LogP contribution in [-0.4, -0.2) is 22.8 Å². The molecule has 0 radical (unpaired) electrons. The number of hydrogen-bond donors (Lipinski definition) is 0. The Kier molecular flexibility index (Phi) is 5.39. The Morgan fingerprint density at radius 3 is 2.75 bits per heavy atom. The van der Waals surface area contributed by atoms with Gasteiger partial charge in [0.2, 0.25) is 0 Å². The lowest BCUT2D eigenvalue weighted by Crippen LogP contribution is -2.22. The van der Waals surface area contributed by atoms with Crippen LogP contribution in [0.25, 0.3) is 22.1 Å². The van der Waals surface area contributed by atoms with E-state index < -0.39 is 11.5 Å². The van der Waals surface area contributed by atoms with E-state index >= 15 is 0 Å². The summed E-state index contributed by atoms with van der Waals surface area (Å²) in [5, 5.41) is 0.654. The molecule has 1 fully saturated rings. The SMILES string of the molecule is COc1ccc(-c2cnc(=O)n(Cc3cc4cccc(F)c4o3)c2)cc1OC1CCCC1. The van der Waals surface area contributed by atoms with E-state index in [1.54, 1.807) is 31.5 Å². The summed E-state index contributed by atoms with van der Waals surface area (Å²) in [4.78, 5) is 16.4. The fourth-order valence-electron chi connectivity index (χ4n) is 4.18. The molecule has 0 N–H and O–H groups in total.